The lowest BCUT2D eigenvalue weighted by Crippen LogP contribution is -2.08. The summed E-state index contributed by atoms with van der Waals surface area (Å²) in [7, 11) is 0. The van der Waals surface area contributed by atoms with Gasteiger partial charge >= 0.3 is 5.97 Å². The van der Waals surface area contributed by atoms with Crippen LogP contribution in [0.3, 0.4) is 0 Å². The summed E-state index contributed by atoms with van der Waals surface area (Å²) in [6.45, 7) is 2.18. The zero-order chi connectivity index (χ0) is 22.5. The molecule has 0 spiro atoms. The summed E-state index contributed by atoms with van der Waals surface area (Å²) in [5.74, 6) is 0.368. The number of hydrogen-bond acceptors (Lipinski definition) is 7. The first-order valence-corrected chi connectivity index (χ1v) is 10.1. The molecule has 0 unspecified atom stereocenters. The summed E-state index contributed by atoms with van der Waals surface area (Å²) in [5, 5.41) is 25.7. The van der Waals surface area contributed by atoms with E-state index in [1.165, 1.54) is 0 Å². The fraction of sp³-hybridized carbons (Fsp3) is 0.167. The van der Waals surface area contributed by atoms with Gasteiger partial charge in [-0.25, -0.2) is 4.98 Å². The van der Waals surface area contributed by atoms with Crippen molar-refractivity contribution in [3.63, 3.8) is 0 Å². The van der Waals surface area contributed by atoms with Crippen molar-refractivity contribution in [2.24, 2.45) is 0 Å². The summed E-state index contributed by atoms with van der Waals surface area (Å²) < 4.78 is 5.47. The molecule has 0 saturated carbocycles. The zero-order valence-corrected chi connectivity index (χ0v) is 17.4. The molecule has 8 nitrogen and oxygen atoms in total. The molecule has 0 saturated heterocycles. The molecule has 0 aliphatic carbocycles. The standard InChI is InChI=1S/C24H22N4O4/c1-15-4-2-3-5-19(15)20-7-6-17(12-18(20)14-29)24-27-23(28-32-24)16-8-10-25-21(13-16)26-11-9-22(30)31/h2-8,10,12-13,29H,9,11,14H2,1H3,(H,25,26)(H,30,31). The maximum absolute atomic E-state index is 10.7. The van der Waals surface area contributed by atoms with Gasteiger partial charge in [0.15, 0.2) is 0 Å². The molecule has 4 aromatic rings. The number of aromatic nitrogens is 3. The number of pyridine rings is 1. The Morgan fingerprint density at radius 1 is 1.06 bits per heavy atom. The number of benzene rings is 2. The van der Waals surface area contributed by atoms with Crippen LogP contribution >= 0.6 is 0 Å². The van der Waals surface area contributed by atoms with Gasteiger partial charge in [-0.2, -0.15) is 4.98 Å². The molecule has 2 aromatic carbocycles. The van der Waals surface area contributed by atoms with Crippen LogP contribution in [-0.2, 0) is 11.4 Å². The number of carboxylic acids is 1. The Kier molecular flexibility index (Phi) is 6.23. The van der Waals surface area contributed by atoms with Gasteiger partial charge in [0, 0.05) is 23.9 Å². The number of aryl methyl sites for hydroxylation is 1. The summed E-state index contributed by atoms with van der Waals surface area (Å²) in [6.07, 6.45) is 1.58. The van der Waals surface area contributed by atoms with Gasteiger partial charge in [0.25, 0.3) is 5.89 Å². The highest BCUT2D eigenvalue weighted by Crippen LogP contribution is 2.31. The number of rotatable bonds is 8. The number of aliphatic hydroxyl groups excluding tert-OH is 1. The van der Waals surface area contributed by atoms with Crippen LogP contribution in [0.15, 0.2) is 65.3 Å². The average molecular weight is 430 g/mol. The van der Waals surface area contributed by atoms with Gasteiger partial charge < -0.3 is 20.1 Å². The molecule has 3 N–H and O–H groups in total. The number of hydrogen-bond donors (Lipinski definition) is 3. The van der Waals surface area contributed by atoms with Crippen LogP contribution in [0, 0.1) is 6.92 Å². The minimum absolute atomic E-state index is 0.00996. The maximum atomic E-state index is 10.7. The Morgan fingerprint density at radius 3 is 2.69 bits per heavy atom. The van der Waals surface area contributed by atoms with E-state index in [4.69, 9.17) is 9.63 Å². The topological polar surface area (TPSA) is 121 Å². The second-order valence-corrected chi connectivity index (χ2v) is 7.27. The van der Waals surface area contributed by atoms with Crippen LogP contribution in [0.4, 0.5) is 5.82 Å². The van der Waals surface area contributed by atoms with E-state index in [1.807, 2.05) is 49.4 Å². The third-order valence-corrected chi connectivity index (χ3v) is 5.05. The number of aliphatic carboxylic acids is 1. The van der Waals surface area contributed by atoms with Crippen LogP contribution in [0.5, 0.6) is 0 Å². The highest BCUT2D eigenvalue weighted by molar-refractivity contribution is 5.74. The van der Waals surface area contributed by atoms with Crippen molar-refractivity contribution in [3.05, 3.63) is 71.9 Å². The fourth-order valence-corrected chi connectivity index (χ4v) is 3.42. The summed E-state index contributed by atoms with van der Waals surface area (Å²) >= 11 is 0. The molecular formula is C24H22N4O4. The first-order chi connectivity index (χ1) is 15.5. The molecule has 32 heavy (non-hydrogen) atoms. The smallest absolute Gasteiger partial charge is 0.305 e. The number of aliphatic hydroxyl groups is 1. The lowest BCUT2D eigenvalue weighted by Gasteiger charge is -2.11. The minimum atomic E-state index is -0.882. The van der Waals surface area contributed by atoms with Crippen molar-refractivity contribution in [1.29, 1.82) is 0 Å². The number of nitrogens with zero attached hydrogens (tertiary/aromatic N) is 3. The first kappa shape index (κ1) is 21.2. The fourth-order valence-electron chi connectivity index (χ4n) is 3.42. The van der Waals surface area contributed by atoms with Gasteiger partial charge in [0.1, 0.15) is 5.82 Å². The van der Waals surface area contributed by atoms with E-state index in [-0.39, 0.29) is 19.6 Å². The Hall–Kier alpha value is -4.04. The molecule has 2 heterocycles. The van der Waals surface area contributed by atoms with Crippen molar-refractivity contribution in [2.75, 3.05) is 11.9 Å². The molecule has 2 aromatic heterocycles. The summed E-state index contributed by atoms with van der Waals surface area (Å²) in [5.41, 5.74) is 5.31. The van der Waals surface area contributed by atoms with Gasteiger partial charge in [0.2, 0.25) is 5.82 Å². The Labute approximate surface area is 184 Å². The van der Waals surface area contributed by atoms with E-state index in [0.29, 0.717) is 28.7 Å². The van der Waals surface area contributed by atoms with E-state index < -0.39 is 5.97 Å². The van der Waals surface area contributed by atoms with E-state index in [1.54, 1.807) is 18.3 Å². The van der Waals surface area contributed by atoms with Crippen LogP contribution < -0.4 is 5.32 Å². The third-order valence-electron chi connectivity index (χ3n) is 5.05. The Morgan fingerprint density at radius 2 is 1.91 bits per heavy atom. The molecule has 0 bridgehead atoms. The molecule has 0 fully saturated rings. The summed E-state index contributed by atoms with van der Waals surface area (Å²) in [4.78, 5) is 19.3. The van der Waals surface area contributed by atoms with E-state index in [0.717, 1.165) is 22.3 Å². The molecular weight excluding hydrogens is 408 g/mol. The van der Waals surface area contributed by atoms with Crippen molar-refractivity contribution >= 4 is 11.8 Å². The second kappa shape index (κ2) is 9.40. The lowest BCUT2D eigenvalue weighted by atomic mass is 9.95. The Bertz CT molecular complexity index is 1250. The predicted octanol–water partition coefficient (Wildman–Crippen LogP) is 4.15. The van der Waals surface area contributed by atoms with Crippen LogP contribution in [0.2, 0.25) is 0 Å². The van der Waals surface area contributed by atoms with Gasteiger partial charge in [-0.3, -0.25) is 4.79 Å². The van der Waals surface area contributed by atoms with Crippen molar-refractivity contribution < 1.29 is 19.5 Å². The predicted molar refractivity (Wildman–Crippen MR) is 120 cm³/mol. The molecule has 8 heteroatoms. The molecule has 0 amide bonds. The first-order valence-electron chi connectivity index (χ1n) is 10.1. The molecule has 162 valence electrons. The molecule has 0 radical (unpaired) electrons. The van der Waals surface area contributed by atoms with Gasteiger partial charge in [-0.1, -0.05) is 35.5 Å². The quantitative estimate of drug-likeness (QED) is 0.381. The molecule has 0 aliphatic rings. The highest BCUT2D eigenvalue weighted by atomic mass is 16.5. The van der Waals surface area contributed by atoms with Crippen LogP contribution in [0.1, 0.15) is 17.5 Å². The minimum Gasteiger partial charge on any atom is -0.481 e. The molecule has 0 aliphatic heterocycles. The highest BCUT2D eigenvalue weighted by Gasteiger charge is 2.14. The van der Waals surface area contributed by atoms with Crippen molar-refractivity contribution in [1.82, 2.24) is 15.1 Å². The van der Waals surface area contributed by atoms with Crippen molar-refractivity contribution in [2.45, 2.75) is 20.0 Å². The third kappa shape index (κ3) is 4.65. The average Bonchev–Trinajstić information content (AvgIpc) is 3.29. The lowest BCUT2D eigenvalue weighted by molar-refractivity contribution is -0.136. The number of nitrogens with one attached hydrogen (secondary N) is 1. The number of carboxylic acid groups (broad SMARTS) is 1. The van der Waals surface area contributed by atoms with Gasteiger partial charge in [-0.05, 0) is 53.4 Å². The monoisotopic (exact) mass is 430 g/mol. The zero-order valence-electron chi connectivity index (χ0n) is 17.4. The maximum Gasteiger partial charge on any atom is 0.305 e. The van der Waals surface area contributed by atoms with Gasteiger partial charge in [-0.15, -0.1) is 0 Å². The van der Waals surface area contributed by atoms with E-state index in [2.05, 4.69) is 20.4 Å². The SMILES string of the molecule is Cc1ccccc1-c1ccc(-c2nc(-c3ccnc(NCCC(=O)O)c3)no2)cc1CO. The largest absolute Gasteiger partial charge is 0.481 e. The number of anilines is 1. The summed E-state index contributed by atoms with van der Waals surface area (Å²) in [6, 6.07) is 17.2. The van der Waals surface area contributed by atoms with E-state index >= 15 is 0 Å². The molecule has 0 atom stereocenters. The Balaban J connectivity index is 1.59. The number of carbonyl (C=O) groups is 1. The van der Waals surface area contributed by atoms with E-state index in [9.17, 15) is 9.90 Å². The van der Waals surface area contributed by atoms with Crippen LogP contribution in [-0.4, -0.2) is 37.9 Å². The molecule has 4 rings (SSSR count). The van der Waals surface area contributed by atoms with Crippen molar-refractivity contribution in [3.8, 4) is 34.0 Å². The second-order valence-electron chi connectivity index (χ2n) is 7.27. The van der Waals surface area contributed by atoms with Crippen LogP contribution in [0.25, 0.3) is 34.0 Å². The van der Waals surface area contributed by atoms with Gasteiger partial charge in [0.05, 0.1) is 13.0 Å². The normalized spacial score (nSPS) is 10.8.